The molecule has 0 aromatic heterocycles. The zero-order valence-electron chi connectivity index (χ0n) is 14.8. The Balaban J connectivity index is 1.98. The molecule has 0 unspecified atom stereocenters. The Morgan fingerprint density at radius 2 is 0.962 bits per heavy atom. The molecule has 0 radical (unpaired) electrons. The summed E-state index contributed by atoms with van der Waals surface area (Å²) in [5.41, 5.74) is 14.1. The van der Waals surface area contributed by atoms with Crippen molar-refractivity contribution in [3.05, 3.63) is 106 Å². The first-order valence-electron chi connectivity index (χ1n) is 9.41. The summed E-state index contributed by atoms with van der Waals surface area (Å²) < 4.78 is 0. The third-order valence-electron chi connectivity index (χ3n) is 6.56. The fourth-order valence-corrected chi connectivity index (χ4v) is 5.63. The van der Waals surface area contributed by atoms with Crippen LogP contribution >= 0.6 is 0 Å². The molecule has 26 heavy (non-hydrogen) atoms. The summed E-state index contributed by atoms with van der Waals surface area (Å²) in [6.07, 6.45) is 1.67. The normalized spacial score (nSPS) is 24.7. The van der Waals surface area contributed by atoms with Gasteiger partial charge in [0.05, 0.1) is 5.41 Å². The molecule has 0 aliphatic heterocycles. The lowest BCUT2D eigenvalue weighted by atomic mass is 9.46. The largest absolute Gasteiger partial charge is 0.396 e. The van der Waals surface area contributed by atoms with Gasteiger partial charge in [0, 0.05) is 18.6 Å². The molecule has 3 aliphatic rings. The number of aliphatic hydroxyl groups excluding tert-OH is 1. The van der Waals surface area contributed by atoms with Crippen molar-refractivity contribution in [2.75, 3.05) is 13.2 Å². The van der Waals surface area contributed by atoms with Crippen LogP contribution in [0.15, 0.2) is 72.8 Å². The topological polar surface area (TPSA) is 46.2 Å². The van der Waals surface area contributed by atoms with Crippen molar-refractivity contribution in [3.8, 4) is 0 Å². The fourth-order valence-electron chi connectivity index (χ4n) is 5.63. The predicted molar refractivity (Wildman–Crippen MR) is 104 cm³/mol. The highest BCUT2D eigenvalue weighted by molar-refractivity contribution is 5.75. The molecule has 3 aromatic carbocycles. The lowest BCUT2D eigenvalue weighted by Crippen LogP contribution is -2.53. The molecule has 0 spiro atoms. The number of nitrogens with two attached hydrogens (primary N) is 1. The molecule has 3 aliphatic carbocycles. The van der Waals surface area contributed by atoms with Crippen LogP contribution in [0, 0.1) is 0 Å². The summed E-state index contributed by atoms with van der Waals surface area (Å²) in [4.78, 5) is 0. The second kappa shape index (κ2) is 5.54. The van der Waals surface area contributed by atoms with Crippen LogP contribution in [0.4, 0.5) is 0 Å². The van der Waals surface area contributed by atoms with Crippen LogP contribution in [0.1, 0.15) is 46.2 Å². The van der Waals surface area contributed by atoms with E-state index in [2.05, 4.69) is 72.8 Å². The monoisotopic (exact) mass is 341 g/mol. The SMILES string of the molecule is NCC12c3ccccc3C(CCCO)(c3ccccc31)c1ccccc12. The van der Waals surface area contributed by atoms with Gasteiger partial charge in [0.1, 0.15) is 0 Å². The summed E-state index contributed by atoms with van der Waals surface area (Å²) in [7, 11) is 0. The molecule has 2 bridgehead atoms. The van der Waals surface area contributed by atoms with Crippen LogP contribution in [0.25, 0.3) is 0 Å². The Hall–Kier alpha value is -2.42. The molecule has 0 fully saturated rings. The molecule has 3 N–H and O–H groups in total. The summed E-state index contributed by atoms with van der Waals surface area (Å²) in [6.45, 7) is 0.754. The number of hydrogen-bond acceptors (Lipinski definition) is 2. The van der Waals surface area contributed by atoms with Gasteiger partial charge in [0.25, 0.3) is 0 Å². The highest BCUT2D eigenvalue weighted by Crippen LogP contribution is 2.62. The molecule has 6 rings (SSSR count). The Morgan fingerprint density at radius 1 is 0.615 bits per heavy atom. The molecule has 0 amide bonds. The Morgan fingerprint density at radius 3 is 1.27 bits per heavy atom. The number of benzene rings is 3. The van der Waals surface area contributed by atoms with Crippen molar-refractivity contribution < 1.29 is 5.11 Å². The average Bonchev–Trinajstić information content (AvgIpc) is 2.72. The first kappa shape index (κ1) is 15.8. The van der Waals surface area contributed by atoms with Crippen LogP contribution in [0.3, 0.4) is 0 Å². The van der Waals surface area contributed by atoms with Crippen molar-refractivity contribution in [1.82, 2.24) is 0 Å². The second-order valence-corrected chi connectivity index (χ2v) is 7.48. The van der Waals surface area contributed by atoms with E-state index in [9.17, 15) is 5.11 Å². The van der Waals surface area contributed by atoms with Crippen LogP contribution in [0.5, 0.6) is 0 Å². The van der Waals surface area contributed by atoms with Gasteiger partial charge >= 0.3 is 0 Å². The van der Waals surface area contributed by atoms with Gasteiger partial charge in [-0.1, -0.05) is 72.8 Å². The Bertz CT molecular complexity index is 872. The molecule has 2 nitrogen and oxygen atoms in total. The molecule has 0 heterocycles. The number of aliphatic hydroxyl groups is 1. The van der Waals surface area contributed by atoms with Crippen molar-refractivity contribution in [2.24, 2.45) is 5.73 Å². The fraction of sp³-hybridized carbons (Fsp3) is 0.250. The van der Waals surface area contributed by atoms with Crippen molar-refractivity contribution in [1.29, 1.82) is 0 Å². The maximum atomic E-state index is 9.64. The maximum Gasteiger partial charge on any atom is 0.0582 e. The van der Waals surface area contributed by atoms with Gasteiger partial charge in [-0.3, -0.25) is 0 Å². The van der Waals surface area contributed by atoms with Crippen LogP contribution in [-0.2, 0) is 10.8 Å². The first-order chi connectivity index (χ1) is 12.8. The van der Waals surface area contributed by atoms with Gasteiger partial charge in [0.15, 0.2) is 0 Å². The molecule has 130 valence electrons. The van der Waals surface area contributed by atoms with Gasteiger partial charge in [-0.05, 0) is 46.2 Å². The standard InChI is InChI=1S/C24H23NO/c25-16-24-20-11-4-1-8-17(20)23(14-7-15-26,18-9-2-5-12-21(18)24)19-10-3-6-13-22(19)24/h1-6,8-13,26H,7,14-16,25H2. The molecule has 2 heteroatoms. The summed E-state index contributed by atoms with van der Waals surface area (Å²) in [5, 5.41) is 9.64. The molecular weight excluding hydrogens is 318 g/mol. The van der Waals surface area contributed by atoms with Gasteiger partial charge in [-0.15, -0.1) is 0 Å². The third kappa shape index (κ3) is 1.64. The van der Waals surface area contributed by atoms with E-state index >= 15 is 0 Å². The van der Waals surface area contributed by atoms with Gasteiger partial charge < -0.3 is 10.8 Å². The Kier molecular flexibility index (Phi) is 3.37. The van der Waals surface area contributed by atoms with Gasteiger partial charge in [-0.25, -0.2) is 0 Å². The average molecular weight is 341 g/mol. The number of rotatable bonds is 4. The third-order valence-corrected chi connectivity index (χ3v) is 6.56. The van der Waals surface area contributed by atoms with E-state index in [1.165, 1.54) is 33.4 Å². The summed E-state index contributed by atoms with van der Waals surface area (Å²) in [5.74, 6) is 0. The van der Waals surface area contributed by atoms with E-state index in [1.54, 1.807) is 0 Å². The smallest absolute Gasteiger partial charge is 0.0582 e. The zero-order valence-corrected chi connectivity index (χ0v) is 14.8. The summed E-state index contributed by atoms with van der Waals surface area (Å²) in [6, 6.07) is 26.3. The van der Waals surface area contributed by atoms with Crippen molar-refractivity contribution in [3.63, 3.8) is 0 Å². The highest BCUT2D eigenvalue weighted by Gasteiger charge is 2.57. The Labute approximate surface area is 154 Å². The van der Waals surface area contributed by atoms with Crippen LogP contribution < -0.4 is 5.73 Å². The maximum absolute atomic E-state index is 9.64. The van der Waals surface area contributed by atoms with Crippen molar-refractivity contribution >= 4 is 0 Å². The van der Waals surface area contributed by atoms with Gasteiger partial charge in [0.2, 0.25) is 0 Å². The lowest BCUT2D eigenvalue weighted by molar-refractivity contribution is 0.271. The molecule has 0 saturated carbocycles. The minimum absolute atomic E-state index is 0.205. The predicted octanol–water partition coefficient (Wildman–Crippen LogP) is 3.71. The highest BCUT2D eigenvalue weighted by atomic mass is 16.2. The van der Waals surface area contributed by atoms with E-state index < -0.39 is 0 Å². The van der Waals surface area contributed by atoms with Gasteiger partial charge in [-0.2, -0.15) is 0 Å². The minimum atomic E-state index is -0.287. The molecule has 3 aromatic rings. The van der Waals surface area contributed by atoms with E-state index in [4.69, 9.17) is 5.73 Å². The quantitative estimate of drug-likeness (QED) is 0.760. The van der Waals surface area contributed by atoms with E-state index in [0.29, 0.717) is 6.54 Å². The van der Waals surface area contributed by atoms with E-state index in [-0.39, 0.29) is 17.4 Å². The van der Waals surface area contributed by atoms with E-state index in [0.717, 1.165) is 12.8 Å². The van der Waals surface area contributed by atoms with E-state index in [1.807, 2.05) is 0 Å². The molecular formula is C24H23NO. The summed E-state index contributed by atoms with van der Waals surface area (Å²) >= 11 is 0. The van der Waals surface area contributed by atoms with Crippen molar-refractivity contribution in [2.45, 2.75) is 23.7 Å². The lowest BCUT2D eigenvalue weighted by Gasteiger charge is -2.56. The first-order valence-corrected chi connectivity index (χ1v) is 9.41. The van der Waals surface area contributed by atoms with Crippen LogP contribution in [-0.4, -0.2) is 18.3 Å². The molecule has 0 atom stereocenters. The number of hydrogen-bond donors (Lipinski definition) is 2. The van der Waals surface area contributed by atoms with Crippen LogP contribution in [0.2, 0.25) is 0 Å². The zero-order chi connectivity index (χ0) is 17.8. The second-order valence-electron chi connectivity index (χ2n) is 7.48. The molecule has 0 saturated heterocycles. The minimum Gasteiger partial charge on any atom is -0.396 e.